The van der Waals surface area contributed by atoms with E-state index in [4.69, 9.17) is 0 Å². The van der Waals surface area contributed by atoms with Crippen molar-refractivity contribution in [3.8, 4) is 0 Å². The van der Waals surface area contributed by atoms with Crippen LogP contribution in [0.25, 0.3) is 6.08 Å². The zero-order valence-corrected chi connectivity index (χ0v) is 22.6. The van der Waals surface area contributed by atoms with Crippen molar-refractivity contribution in [1.29, 1.82) is 0 Å². The van der Waals surface area contributed by atoms with Gasteiger partial charge in [-0.1, -0.05) is 87.1 Å². The van der Waals surface area contributed by atoms with Gasteiger partial charge in [-0.25, -0.2) is 0 Å². The molecular weight excluding hydrogens is 466 g/mol. The SMILES string of the molecule is C/C(C1=Cc2ccccc2C12CCCCC2)=C1\C(=O)C(C(/C)=C2/Nc3ccccc3C23CCCCC3)=C1O. The van der Waals surface area contributed by atoms with Crippen LogP contribution in [0.4, 0.5) is 5.69 Å². The normalized spacial score (nSPS) is 25.5. The van der Waals surface area contributed by atoms with Gasteiger partial charge in [-0.3, -0.25) is 4.79 Å². The van der Waals surface area contributed by atoms with E-state index in [1.165, 1.54) is 60.8 Å². The fraction of sp³-hybridized carbons (Fsp3) is 0.400. The lowest BCUT2D eigenvalue weighted by Gasteiger charge is -2.39. The molecule has 2 aromatic carbocycles. The van der Waals surface area contributed by atoms with Gasteiger partial charge in [0, 0.05) is 22.2 Å². The number of hydrogen-bond donors (Lipinski definition) is 2. The number of Topliss-reactive ketones (excluding diaryl/α,β-unsaturated/α-hetero) is 1. The second-order valence-electron chi connectivity index (χ2n) is 12.2. The van der Waals surface area contributed by atoms with E-state index in [1.807, 2.05) is 6.92 Å². The zero-order valence-electron chi connectivity index (χ0n) is 22.6. The molecule has 2 spiro atoms. The van der Waals surface area contributed by atoms with Gasteiger partial charge in [0.25, 0.3) is 0 Å². The highest BCUT2D eigenvalue weighted by molar-refractivity contribution is 6.22. The van der Waals surface area contributed by atoms with Crippen LogP contribution in [0, 0.1) is 0 Å². The molecule has 0 atom stereocenters. The Morgan fingerprint density at radius 2 is 1.37 bits per heavy atom. The maximum Gasteiger partial charge on any atom is 0.201 e. The third-order valence-electron chi connectivity index (χ3n) is 10.3. The molecule has 2 fully saturated rings. The van der Waals surface area contributed by atoms with E-state index in [2.05, 4.69) is 66.8 Å². The number of fused-ring (bicyclic) bond motifs is 4. The van der Waals surface area contributed by atoms with E-state index in [9.17, 15) is 9.90 Å². The Balaban J connectivity index is 1.33. The molecule has 3 nitrogen and oxygen atoms in total. The third-order valence-corrected chi connectivity index (χ3v) is 10.3. The first-order chi connectivity index (χ1) is 18.5. The molecule has 4 aliphatic carbocycles. The molecule has 7 rings (SSSR count). The number of benzene rings is 2. The molecule has 3 heteroatoms. The molecule has 0 aromatic heterocycles. The van der Waals surface area contributed by atoms with Gasteiger partial charge in [-0.2, -0.15) is 0 Å². The molecule has 0 saturated heterocycles. The summed E-state index contributed by atoms with van der Waals surface area (Å²) in [4.78, 5) is 13.9. The molecule has 194 valence electrons. The minimum atomic E-state index is -0.0806. The Hall–Kier alpha value is -3.33. The quantitative estimate of drug-likeness (QED) is 0.403. The maximum absolute atomic E-state index is 13.9. The number of anilines is 1. The van der Waals surface area contributed by atoms with Crippen LogP contribution < -0.4 is 5.32 Å². The number of aliphatic hydroxyl groups is 1. The van der Waals surface area contributed by atoms with Crippen LogP contribution in [0.5, 0.6) is 0 Å². The average Bonchev–Trinajstić information content (AvgIpc) is 3.43. The van der Waals surface area contributed by atoms with Crippen LogP contribution in [0.3, 0.4) is 0 Å². The van der Waals surface area contributed by atoms with Gasteiger partial charge in [0.1, 0.15) is 5.76 Å². The van der Waals surface area contributed by atoms with Crippen molar-refractivity contribution in [3.63, 3.8) is 0 Å². The van der Waals surface area contributed by atoms with Crippen molar-refractivity contribution >= 4 is 17.5 Å². The Labute approximate surface area is 226 Å². The number of nitrogens with one attached hydrogen (secondary N) is 1. The third kappa shape index (κ3) is 3.11. The smallest absolute Gasteiger partial charge is 0.201 e. The van der Waals surface area contributed by atoms with Crippen LogP contribution in [-0.2, 0) is 15.6 Å². The summed E-state index contributed by atoms with van der Waals surface area (Å²) < 4.78 is 0. The monoisotopic (exact) mass is 503 g/mol. The summed E-state index contributed by atoms with van der Waals surface area (Å²) in [6, 6.07) is 17.3. The van der Waals surface area contributed by atoms with Gasteiger partial charge in [-0.05, 0) is 79.0 Å². The lowest BCUT2D eigenvalue weighted by molar-refractivity contribution is -0.113. The van der Waals surface area contributed by atoms with Gasteiger partial charge >= 0.3 is 0 Å². The Morgan fingerprint density at radius 1 is 0.763 bits per heavy atom. The summed E-state index contributed by atoms with van der Waals surface area (Å²) in [7, 11) is 0. The first kappa shape index (κ1) is 23.8. The minimum absolute atomic E-state index is 0.00321. The summed E-state index contributed by atoms with van der Waals surface area (Å²) in [5, 5.41) is 15.2. The van der Waals surface area contributed by atoms with E-state index in [1.54, 1.807) is 0 Å². The Kier molecular flexibility index (Phi) is 5.37. The van der Waals surface area contributed by atoms with Gasteiger partial charge in [0.2, 0.25) is 5.78 Å². The number of allylic oxidation sites excluding steroid dienone is 6. The molecule has 1 aliphatic heterocycles. The highest BCUT2D eigenvalue weighted by Crippen LogP contribution is 2.57. The molecule has 38 heavy (non-hydrogen) atoms. The Morgan fingerprint density at radius 3 is 2.05 bits per heavy atom. The standard InChI is InChI=1S/C35H37NO2/c1-22(27-21-24-13-5-6-14-25(24)34(27)17-9-3-10-18-34)29-31(37)30(32(29)38)23(2)33-35(19-11-4-12-20-35)26-15-7-8-16-28(26)36-33/h5-8,13-16,21,36-37H,3-4,9-12,17-20H2,1-2H3/b29-22+,33-23+. The molecule has 2 saturated carbocycles. The minimum Gasteiger partial charge on any atom is -0.506 e. The van der Waals surface area contributed by atoms with Gasteiger partial charge in [-0.15, -0.1) is 0 Å². The largest absolute Gasteiger partial charge is 0.506 e. The van der Waals surface area contributed by atoms with Crippen molar-refractivity contribution in [2.45, 2.75) is 88.9 Å². The highest BCUT2D eigenvalue weighted by atomic mass is 16.3. The first-order valence-electron chi connectivity index (χ1n) is 14.6. The van der Waals surface area contributed by atoms with Gasteiger partial charge in [0.15, 0.2) is 0 Å². The van der Waals surface area contributed by atoms with Crippen LogP contribution in [0.1, 0.15) is 94.7 Å². The van der Waals surface area contributed by atoms with E-state index in [0.29, 0.717) is 11.1 Å². The fourth-order valence-corrected chi connectivity index (χ4v) is 8.54. The number of para-hydroxylation sites is 1. The summed E-state index contributed by atoms with van der Waals surface area (Å²) in [5.41, 5.74) is 10.3. The molecule has 0 unspecified atom stereocenters. The van der Waals surface area contributed by atoms with Crippen molar-refractivity contribution in [3.05, 3.63) is 105 Å². The molecule has 0 bridgehead atoms. The van der Waals surface area contributed by atoms with E-state index in [-0.39, 0.29) is 22.4 Å². The highest BCUT2D eigenvalue weighted by Gasteiger charge is 2.49. The molecule has 1 heterocycles. The van der Waals surface area contributed by atoms with E-state index < -0.39 is 0 Å². The molecule has 0 radical (unpaired) electrons. The van der Waals surface area contributed by atoms with Crippen molar-refractivity contribution < 1.29 is 9.90 Å². The predicted octanol–water partition coefficient (Wildman–Crippen LogP) is 8.60. The molecule has 0 amide bonds. The lowest BCUT2D eigenvalue weighted by Crippen LogP contribution is -2.34. The first-order valence-corrected chi connectivity index (χ1v) is 14.6. The number of carbonyl (C=O) groups is 1. The van der Waals surface area contributed by atoms with Crippen LogP contribution >= 0.6 is 0 Å². The fourth-order valence-electron chi connectivity index (χ4n) is 8.54. The molecule has 2 N–H and O–H groups in total. The Bertz CT molecular complexity index is 1490. The molecule has 5 aliphatic rings. The zero-order chi connectivity index (χ0) is 26.1. The van der Waals surface area contributed by atoms with Gasteiger partial charge < -0.3 is 10.4 Å². The van der Waals surface area contributed by atoms with Crippen molar-refractivity contribution in [1.82, 2.24) is 0 Å². The predicted molar refractivity (Wildman–Crippen MR) is 154 cm³/mol. The number of aliphatic hydroxyl groups excluding tert-OH is 1. The summed E-state index contributed by atoms with van der Waals surface area (Å²) in [5.74, 6) is 0.181. The van der Waals surface area contributed by atoms with E-state index in [0.717, 1.165) is 48.2 Å². The molecular formula is C35H37NO2. The number of hydrogen-bond acceptors (Lipinski definition) is 3. The average molecular weight is 504 g/mol. The van der Waals surface area contributed by atoms with Crippen LogP contribution in [0.2, 0.25) is 0 Å². The van der Waals surface area contributed by atoms with Crippen molar-refractivity contribution in [2.75, 3.05) is 5.32 Å². The second kappa shape index (κ2) is 8.59. The second-order valence-corrected chi connectivity index (χ2v) is 12.2. The van der Waals surface area contributed by atoms with Crippen LogP contribution in [0.15, 0.2) is 87.9 Å². The maximum atomic E-state index is 13.9. The molecule has 2 aromatic rings. The van der Waals surface area contributed by atoms with Crippen molar-refractivity contribution in [2.24, 2.45) is 0 Å². The number of carbonyl (C=O) groups excluding carboxylic acids is 1. The number of rotatable bonds is 2. The lowest BCUT2D eigenvalue weighted by atomic mass is 9.64. The summed E-state index contributed by atoms with van der Waals surface area (Å²) in [6.07, 6.45) is 14.0. The summed E-state index contributed by atoms with van der Waals surface area (Å²) >= 11 is 0. The topological polar surface area (TPSA) is 49.3 Å². The van der Waals surface area contributed by atoms with Gasteiger partial charge in [0.05, 0.1) is 11.1 Å². The van der Waals surface area contributed by atoms with E-state index >= 15 is 0 Å². The van der Waals surface area contributed by atoms with Crippen LogP contribution in [-0.4, -0.2) is 10.9 Å². The number of ketones is 1. The summed E-state index contributed by atoms with van der Waals surface area (Å²) in [6.45, 7) is 4.09.